The molecule has 2 aromatic carbocycles. The van der Waals surface area contributed by atoms with Crippen molar-refractivity contribution in [3.63, 3.8) is 0 Å². The van der Waals surface area contributed by atoms with Gasteiger partial charge in [0, 0.05) is 5.02 Å². The fourth-order valence-electron chi connectivity index (χ4n) is 1.87. The summed E-state index contributed by atoms with van der Waals surface area (Å²) in [6.07, 6.45) is 0. The van der Waals surface area contributed by atoms with Gasteiger partial charge >= 0.3 is 5.97 Å². The quantitative estimate of drug-likeness (QED) is 0.744. The summed E-state index contributed by atoms with van der Waals surface area (Å²) in [5.41, 5.74) is 1.09. The zero-order valence-electron chi connectivity index (χ0n) is 13.4. The fourth-order valence-corrected chi connectivity index (χ4v) is 3.49. The molecule has 0 aliphatic carbocycles. The van der Waals surface area contributed by atoms with Crippen LogP contribution >= 0.6 is 23.2 Å². The van der Waals surface area contributed by atoms with Crippen molar-refractivity contribution in [3.05, 3.63) is 52.0 Å². The fraction of sp³-hybridized carbons (Fsp3) is 0.188. The van der Waals surface area contributed by atoms with Crippen LogP contribution < -0.4 is 9.46 Å². The second-order valence-electron chi connectivity index (χ2n) is 5.02. The molecule has 2 rings (SSSR count). The van der Waals surface area contributed by atoms with Gasteiger partial charge in [0.05, 0.1) is 22.7 Å². The van der Waals surface area contributed by atoms with E-state index in [-0.39, 0.29) is 22.3 Å². The molecule has 0 unspecified atom stereocenters. The van der Waals surface area contributed by atoms with E-state index < -0.39 is 16.0 Å². The number of nitrogens with one attached hydrogen (secondary N) is 1. The maximum atomic E-state index is 12.5. The van der Waals surface area contributed by atoms with Crippen molar-refractivity contribution in [2.75, 3.05) is 18.4 Å². The Labute approximate surface area is 155 Å². The maximum Gasteiger partial charge on any atom is 0.343 e. The molecule has 0 bridgehead atoms. The standard InChI is InChI=1S/C16H15Cl2NO5S/c1-10-3-4-11(17)7-14(10)19-25(21,22)12-5-6-15(13(18)8-12)24-9-16(20)23-2/h3-8,19H,9H2,1-2H3. The van der Waals surface area contributed by atoms with Gasteiger partial charge in [-0.05, 0) is 42.8 Å². The second-order valence-corrected chi connectivity index (χ2v) is 7.55. The number of ether oxygens (including phenoxy) is 2. The second kappa shape index (κ2) is 7.95. The third-order valence-corrected chi connectivity index (χ3v) is 5.12. The van der Waals surface area contributed by atoms with Crippen molar-refractivity contribution in [3.8, 4) is 5.75 Å². The van der Waals surface area contributed by atoms with E-state index in [4.69, 9.17) is 27.9 Å². The Morgan fingerprint density at radius 3 is 2.52 bits per heavy atom. The summed E-state index contributed by atoms with van der Waals surface area (Å²) < 4.78 is 37.1. The molecule has 0 saturated carbocycles. The lowest BCUT2D eigenvalue weighted by Crippen LogP contribution is -2.15. The molecule has 0 aliphatic heterocycles. The number of halogens is 2. The first-order chi connectivity index (χ1) is 11.7. The van der Waals surface area contributed by atoms with Gasteiger partial charge in [-0.2, -0.15) is 0 Å². The number of hydrogen-bond donors (Lipinski definition) is 1. The minimum atomic E-state index is -3.87. The predicted molar refractivity (Wildman–Crippen MR) is 96.0 cm³/mol. The molecule has 2 aromatic rings. The van der Waals surface area contributed by atoms with Crippen LogP contribution in [-0.2, 0) is 19.6 Å². The molecular formula is C16H15Cl2NO5S. The van der Waals surface area contributed by atoms with E-state index in [0.29, 0.717) is 10.7 Å². The van der Waals surface area contributed by atoms with Crippen LogP contribution in [0.15, 0.2) is 41.3 Å². The van der Waals surface area contributed by atoms with Gasteiger partial charge in [-0.3, -0.25) is 4.72 Å². The third kappa shape index (κ3) is 5.01. The van der Waals surface area contributed by atoms with Crippen LogP contribution in [-0.4, -0.2) is 28.1 Å². The number of carbonyl (C=O) groups is 1. The number of methoxy groups -OCH3 is 1. The highest BCUT2D eigenvalue weighted by molar-refractivity contribution is 7.92. The summed E-state index contributed by atoms with van der Waals surface area (Å²) in [6.45, 7) is 1.42. The average Bonchev–Trinajstić information content (AvgIpc) is 2.56. The van der Waals surface area contributed by atoms with E-state index in [1.54, 1.807) is 19.1 Å². The Morgan fingerprint density at radius 2 is 1.88 bits per heavy atom. The summed E-state index contributed by atoms with van der Waals surface area (Å²) in [5.74, 6) is -0.407. The zero-order valence-corrected chi connectivity index (χ0v) is 15.7. The van der Waals surface area contributed by atoms with Gasteiger partial charge in [0.2, 0.25) is 0 Å². The molecular weight excluding hydrogens is 389 g/mol. The SMILES string of the molecule is COC(=O)COc1ccc(S(=O)(=O)Nc2cc(Cl)ccc2C)cc1Cl. The molecule has 1 N–H and O–H groups in total. The number of benzene rings is 2. The van der Waals surface area contributed by atoms with Crippen molar-refractivity contribution < 1.29 is 22.7 Å². The lowest BCUT2D eigenvalue weighted by Gasteiger charge is -2.12. The van der Waals surface area contributed by atoms with Gasteiger partial charge in [0.25, 0.3) is 10.0 Å². The number of rotatable bonds is 6. The Morgan fingerprint density at radius 1 is 1.16 bits per heavy atom. The molecule has 0 aliphatic rings. The van der Waals surface area contributed by atoms with Crippen molar-refractivity contribution in [1.29, 1.82) is 0 Å². The number of esters is 1. The van der Waals surface area contributed by atoms with E-state index >= 15 is 0 Å². The molecule has 0 radical (unpaired) electrons. The Kier molecular flexibility index (Phi) is 6.16. The molecule has 134 valence electrons. The van der Waals surface area contributed by atoms with Gasteiger partial charge in [-0.1, -0.05) is 29.3 Å². The monoisotopic (exact) mass is 403 g/mol. The van der Waals surface area contributed by atoms with Crippen molar-refractivity contribution >= 4 is 44.9 Å². The minimum absolute atomic E-state index is 0.0506. The molecule has 0 aromatic heterocycles. The summed E-state index contributed by atoms with van der Waals surface area (Å²) in [7, 11) is -2.64. The molecule has 0 amide bonds. The Balaban J connectivity index is 2.23. The number of sulfonamides is 1. The van der Waals surface area contributed by atoms with Gasteiger partial charge in [-0.15, -0.1) is 0 Å². The van der Waals surface area contributed by atoms with Crippen LogP contribution in [0.3, 0.4) is 0 Å². The highest BCUT2D eigenvalue weighted by Gasteiger charge is 2.18. The van der Waals surface area contributed by atoms with Gasteiger partial charge < -0.3 is 9.47 Å². The smallest absolute Gasteiger partial charge is 0.343 e. The first-order valence-electron chi connectivity index (χ1n) is 7.01. The molecule has 25 heavy (non-hydrogen) atoms. The lowest BCUT2D eigenvalue weighted by atomic mass is 10.2. The van der Waals surface area contributed by atoms with Gasteiger partial charge in [0.1, 0.15) is 5.75 Å². The summed E-state index contributed by atoms with van der Waals surface area (Å²) in [4.78, 5) is 11.0. The molecule has 0 fully saturated rings. The first-order valence-corrected chi connectivity index (χ1v) is 9.25. The van der Waals surface area contributed by atoms with Crippen LogP contribution in [0.1, 0.15) is 5.56 Å². The highest BCUT2D eigenvalue weighted by atomic mass is 35.5. The molecule has 0 saturated heterocycles. The van der Waals surface area contributed by atoms with Crippen LogP contribution in [0.5, 0.6) is 5.75 Å². The molecule has 0 spiro atoms. The van der Waals surface area contributed by atoms with E-state index in [1.807, 2.05) is 0 Å². The number of aryl methyl sites for hydroxylation is 1. The Hall–Kier alpha value is -1.96. The Bertz CT molecular complexity index is 899. The van der Waals surface area contributed by atoms with Crippen molar-refractivity contribution in [2.24, 2.45) is 0 Å². The topological polar surface area (TPSA) is 81.7 Å². The van der Waals surface area contributed by atoms with Gasteiger partial charge in [-0.25, -0.2) is 13.2 Å². The van der Waals surface area contributed by atoms with Crippen molar-refractivity contribution in [2.45, 2.75) is 11.8 Å². The van der Waals surface area contributed by atoms with E-state index in [1.165, 1.54) is 31.4 Å². The lowest BCUT2D eigenvalue weighted by molar-refractivity contribution is -0.142. The predicted octanol–water partition coefficient (Wildman–Crippen LogP) is 3.65. The van der Waals surface area contributed by atoms with E-state index in [0.717, 1.165) is 5.56 Å². The number of carbonyl (C=O) groups excluding carboxylic acids is 1. The highest BCUT2D eigenvalue weighted by Crippen LogP contribution is 2.29. The normalized spacial score (nSPS) is 11.0. The largest absolute Gasteiger partial charge is 0.480 e. The number of anilines is 1. The zero-order chi connectivity index (χ0) is 18.6. The summed E-state index contributed by atoms with van der Waals surface area (Å²) in [6, 6.07) is 8.81. The van der Waals surface area contributed by atoms with Crippen LogP contribution in [0.2, 0.25) is 10.0 Å². The average molecular weight is 404 g/mol. The minimum Gasteiger partial charge on any atom is -0.480 e. The molecule has 6 nitrogen and oxygen atoms in total. The van der Waals surface area contributed by atoms with Crippen LogP contribution in [0.25, 0.3) is 0 Å². The van der Waals surface area contributed by atoms with Crippen LogP contribution in [0.4, 0.5) is 5.69 Å². The van der Waals surface area contributed by atoms with E-state index in [2.05, 4.69) is 9.46 Å². The molecule has 0 atom stereocenters. The van der Waals surface area contributed by atoms with Gasteiger partial charge in [0.15, 0.2) is 6.61 Å². The number of hydrogen-bond acceptors (Lipinski definition) is 5. The van der Waals surface area contributed by atoms with Crippen LogP contribution in [0, 0.1) is 6.92 Å². The third-order valence-electron chi connectivity index (χ3n) is 3.23. The summed E-state index contributed by atoms with van der Waals surface area (Å²) >= 11 is 11.9. The van der Waals surface area contributed by atoms with Crippen molar-refractivity contribution in [1.82, 2.24) is 0 Å². The molecule has 9 heteroatoms. The first kappa shape index (κ1) is 19.4. The van der Waals surface area contributed by atoms with E-state index in [9.17, 15) is 13.2 Å². The summed E-state index contributed by atoms with van der Waals surface area (Å²) in [5, 5.41) is 0.461. The maximum absolute atomic E-state index is 12.5. The molecule has 0 heterocycles.